The Morgan fingerprint density at radius 1 is 1.14 bits per heavy atom. The van der Waals surface area contributed by atoms with E-state index < -0.39 is 0 Å². The lowest BCUT2D eigenvalue weighted by Crippen LogP contribution is -2.39. The van der Waals surface area contributed by atoms with Gasteiger partial charge in [0.05, 0.1) is 0 Å². The molecule has 1 aliphatic rings. The molecular weight excluding hydrogens is 112 g/mol. The molecule has 0 saturated carbocycles. The van der Waals surface area contributed by atoms with Crippen LogP contribution in [0.5, 0.6) is 0 Å². The number of piperazine rings is 1. The summed E-state index contributed by atoms with van der Waals surface area (Å²) in [6.45, 7) is 3.70. The van der Waals surface area contributed by atoms with Gasteiger partial charge in [-0.2, -0.15) is 0 Å². The van der Waals surface area contributed by atoms with Gasteiger partial charge in [-0.3, -0.25) is 0 Å². The molecule has 0 atom stereocenters. The van der Waals surface area contributed by atoms with Crippen molar-refractivity contribution >= 4 is 12.4 Å². The maximum absolute atomic E-state index is 7.07. The van der Waals surface area contributed by atoms with Gasteiger partial charge >= 0.3 is 0 Å². The van der Waals surface area contributed by atoms with Crippen molar-refractivity contribution in [2.45, 2.75) is 0 Å². The molecule has 0 unspecified atom stereocenters. The first-order valence-electron chi connectivity index (χ1n) is 2.79. The van der Waals surface area contributed by atoms with Crippen LogP contribution in [0.1, 0.15) is 0 Å². The van der Waals surface area contributed by atoms with Crippen LogP contribution in [0.2, 0.25) is 1.41 Å². The molecule has 1 saturated heterocycles. The molecule has 2 N–H and O–H groups in total. The smallest absolute Gasteiger partial charge is 0.122 e. The van der Waals surface area contributed by atoms with Gasteiger partial charge in [0, 0.05) is 26.2 Å². The zero-order valence-corrected chi connectivity index (χ0v) is 5.00. The Hall–Kier alpha value is 0.210. The summed E-state index contributed by atoms with van der Waals surface area (Å²) >= 11 is 0. The predicted molar refractivity (Wildman–Crippen MR) is 33.0 cm³/mol. The summed E-state index contributed by atoms with van der Waals surface area (Å²) in [5.74, 6) is 0. The summed E-state index contributed by atoms with van der Waals surface area (Å²) in [5.41, 5.74) is 0. The van der Waals surface area contributed by atoms with E-state index in [0.29, 0.717) is 0 Å². The van der Waals surface area contributed by atoms with Gasteiger partial charge in [-0.25, -0.2) is 0 Å². The van der Waals surface area contributed by atoms with Crippen molar-refractivity contribution in [2.75, 3.05) is 26.2 Å². The van der Waals surface area contributed by atoms with Gasteiger partial charge in [0.1, 0.15) is 1.41 Å². The summed E-state index contributed by atoms with van der Waals surface area (Å²) in [6.07, 6.45) is 0. The Kier molecular flexibility index (Phi) is 3.34. The van der Waals surface area contributed by atoms with E-state index in [0.717, 1.165) is 26.2 Å². The fourth-order valence-corrected chi connectivity index (χ4v) is 0.553. The van der Waals surface area contributed by atoms with Crippen LogP contribution in [-0.2, 0) is 0 Å². The van der Waals surface area contributed by atoms with E-state index in [2.05, 4.69) is 5.32 Å². The standard InChI is InChI=1S/C4H10N2.ClH/c1-2-6-4-3-5-1;/h5-6H,1-4H2;1H/i/hD. The second kappa shape index (κ2) is 4.37. The summed E-state index contributed by atoms with van der Waals surface area (Å²) in [5, 5.41) is 4.73. The maximum atomic E-state index is 7.07. The van der Waals surface area contributed by atoms with Gasteiger partial charge in [0.2, 0.25) is 0 Å². The number of hydrogen-bond donors (Lipinski definition) is 2. The third kappa shape index (κ3) is 2.85. The van der Waals surface area contributed by atoms with Crippen LogP contribution < -0.4 is 10.6 Å². The van der Waals surface area contributed by atoms with Crippen LogP contribution in [0.4, 0.5) is 0 Å². The Balaban J connectivity index is 0.000000490. The van der Waals surface area contributed by atoms with Crippen LogP contribution in [0, 0.1) is 0 Å². The second-order valence-corrected chi connectivity index (χ2v) is 1.42. The van der Waals surface area contributed by atoms with E-state index in [1.54, 1.807) is 5.31 Å². The highest BCUT2D eigenvalue weighted by atomic mass is 35.5. The zero-order chi connectivity index (χ0) is 5.11. The number of nitrogens with one attached hydrogen (secondary N) is 2. The third-order valence-corrected chi connectivity index (χ3v) is 0.893. The summed E-state index contributed by atoms with van der Waals surface area (Å²) in [4.78, 5) is 0. The van der Waals surface area contributed by atoms with Crippen molar-refractivity contribution in [1.29, 1.82) is 0 Å². The Labute approximate surface area is 51.5 Å². The van der Waals surface area contributed by atoms with Gasteiger partial charge in [0.15, 0.2) is 0 Å². The fourth-order valence-electron chi connectivity index (χ4n) is 0.553. The molecule has 0 aliphatic carbocycles. The summed E-state index contributed by atoms with van der Waals surface area (Å²) in [6, 6.07) is 0. The van der Waals surface area contributed by atoms with Crippen molar-refractivity contribution in [3.8, 4) is 0 Å². The molecule has 0 aromatic heterocycles. The monoisotopic (exact) mass is 123 g/mol. The minimum Gasteiger partial charge on any atom is -0.314 e. The quantitative estimate of drug-likeness (QED) is 0.458. The van der Waals surface area contributed by atoms with E-state index in [1.807, 2.05) is 0 Å². The van der Waals surface area contributed by atoms with Crippen LogP contribution >= 0.6 is 12.4 Å². The minimum atomic E-state index is 0. The molecule has 0 spiro atoms. The van der Waals surface area contributed by atoms with Gasteiger partial charge in [-0.15, -0.1) is 12.4 Å². The van der Waals surface area contributed by atoms with E-state index in [-0.39, 0.29) is 12.4 Å². The molecule has 3 heteroatoms. The number of rotatable bonds is 0. The lowest BCUT2D eigenvalue weighted by atomic mass is 10.4. The topological polar surface area (TPSA) is 24.1 Å². The second-order valence-electron chi connectivity index (χ2n) is 1.42. The molecule has 1 heterocycles. The predicted octanol–water partition coefficient (Wildman–Crippen LogP) is -0.399. The third-order valence-electron chi connectivity index (χ3n) is 0.893. The van der Waals surface area contributed by atoms with E-state index in [1.165, 1.54) is 0 Å². The van der Waals surface area contributed by atoms with E-state index in [4.69, 9.17) is 1.41 Å². The lowest BCUT2D eigenvalue weighted by molar-refractivity contribution is 0.534. The van der Waals surface area contributed by atoms with Crippen molar-refractivity contribution in [3.63, 3.8) is 0 Å². The Bertz CT molecular complexity index is 56.0. The molecule has 0 bridgehead atoms. The average Bonchev–Trinajstić information content (AvgIpc) is 1.69. The largest absolute Gasteiger partial charge is 0.314 e. The van der Waals surface area contributed by atoms with Crippen LogP contribution in [0.15, 0.2) is 0 Å². The highest BCUT2D eigenvalue weighted by Gasteiger charge is 1.91. The first kappa shape index (κ1) is 5.35. The molecule has 0 aromatic rings. The average molecular weight is 124 g/mol. The lowest BCUT2D eigenvalue weighted by Gasteiger charge is -2.11. The molecule has 2 nitrogen and oxygen atoms in total. The summed E-state index contributed by atoms with van der Waals surface area (Å²) in [7, 11) is 0. The first-order chi connectivity index (χ1) is 3.39. The molecule has 0 aromatic carbocycles. The van der Waals surface area contributed by atoms with Crippen LogP contribution in [0.25, 0.3) is 0 Å². The van der Waals surface area contributed by atoms with E-state index in [9.17, 15) is 0 Å². The van der Waals surface area contributed by atoms with E-state index >= 15 is 0 Å². The van der Waals surface area contributed by atoms with Crippen LogP contribution in [-0.4, -0.2) is 26.2 Å². The molecule has 1 fully saturated rings. The normalized spacial score (nSPS) is 25.4. The highest BCUT2D eigenvalue weighted by Crippen LogP contribution is 1.65. The van der Waals surface area contributed by atoms with Crippen molar-refractivity contribution in [2.24, 2.45) is 0 Å². The van der Waals surface area contributed by atoms with Gasteiger partial charge in [-0.1, -0.05) is 0 Å². The first-order valence-corrected chi connectivity index (χ1v) is 2.34. The van der Waals surface area contributed by atoms with Gasteiger partial charge < -0.3 is 10.6 Å². The minimum absolute atomic E-state index is 0. The molecule has 1 rings (SSSR count). The molecule has 0 radical (unpaired) electrons. The fraction of sp³-hybridized carbons (Fsp3) is 1.00. The van der Waals surface area contributed by atoms with Crippen molar-refractivity contribution in [3.05, 3.63) is 0 Å². The molecule has 44 valence electrons. The molecule has 0 amide bonds. The van der Waals surface area contributed by atoms with Crippen molar-refractivity contribution < 1.29 is 1.41 Å². The molecule has 1 aliphatic heterocycles. The number of hydrogen-bond acceptors (Lipinski definition) is 2. The SMILES string of the molecule is Cl.[2H]N1CCNCC1. The Morgan fingerprint density at radius 3 is 2.00 bits per heavy atom. The Morgan fingerprint density at radius 2 is 1.71 bits per heavy atom. The van der Waals surface area contributed by atoms with Crippen molar-refractivity contribution in [1.82, 2.24) is 10.6 Å². The number of halogens is 1. The summed E-state index contributed by atoms with van der Waals surface area (Å²) < 4.78 is 7.07. The maximum Gasteiger partial charge on any atom is 0.122 e. The zero-order valence-electron chi connectivity index (χ0n) is 5.18. The molecular formula is C4H11ClN2. The highest BCUT2D eigenvalue weighted by molar-refractivity contribution is 5.85. The van der Waals surface area contributed by atoms with Crippen LogP contribution in [0.3, 0.4) is 0 Å². The van der Waals surface area contributed by atoms with Gasteiger partial charge in [0.25, 0.3) is 0 Å². The molecule has 7 heavy (non-hydrogen) atoms. The van der Waals surface area contributed by atoms with Gasteiger partial charge in [-0.05, 0) is 0 Å².